The summed E-state index contributed by atoms with van der Waals surface area (Å²) in [6, 6.07) is 13.2. The van der Waals surface area contributed by atoms with Crippen LogP contribution in [0.2, 0.25) is 0 Å². The Kier molecular flexibility index (Phi) is 4.90. The fraction of sp³-hybridized carbons (Fsp3) is 0.360. The number of thiophene rings is 1. The van der Waals surface area contributed by atoms with Gasteiger partial charge in [0.1, 0.15) is 15.6 Å². The Morgan fingerprint density at radius 1 is 1.13 bits per heavy atom. The maximum Gasteiger partial charge on any atom is 0.271 e. The highest BCUT2D eigenvalue weighted by Crippen LogP contribution is 2.45. The minimum Gasteiger partial charge on any atom is -0.460 e. The van der Waals surface area contributed by atoms with E-state index in [0.717, 1.165) is 53.2 Å². The number of aryl methyl sites for hydroxylation is 1. The first-order valence-electron chi connectivity index (χ1n) is 10.8. The topological polar surface area (TPSA) is 59.3 Å². The molecule has 0 radical (unpaired) electrons. The van der Waals surface area contributed by atoms with Crippen LogP contribution in [0, 0.1) is 11.3 Å². The zero-order valence-electron chi connectivity index (χ0n) is 18.1. The monoisotopic (exact) mass is 453 g/mol. The van der Waals surface area contributed by atoms with Crippen molar-refractivity contribution in [2.75, 3.05) is 4.72 Å². The van der Waals surface area contributed by atoms with Gasteiger partial charge in [0.05, 0.1) is 5.69 Å². The summed E-state index contributed by atoms with van der Waals surface area (Å²) in [5, 5.41) is 4.61. The highest BCUT2D eigenvalue weighted by atomic mass is 32.2. The number of hydrogen-bond acceptors (Lipinski definition) is 4. The number of furan rings is 1. The Hall–Kier alpha value is -2.31. The Morgan fingerprint density at radius 3 is 2.61 bits per heavy atom. The zero-order valence-corrected chi connectivity index (χ0v) is 19.7. The van der Waals surface area contributed by atoms with Crippen molar-refractivity contribution >= 4 is 48.8 Å². The van der Waals surface area contributed by atoms with Crippen LogP contribution in [0.3, 0.4) is 0 Å². The van der Waals surface area contributed by atoms with E-state index >= 15 is 0 Å². The molecule has 2 heterocycles. The lowest BCUT2D eigenvalue weighted by atomic mass is 9.69. The van der Waals surface area contributed by atoms with Crippen LogP contribution in [0.25, 0.3) is 21.7 Å². The number of nitrogens with one attached hydrogen (secondary N) is 1. The molecule has 2 aromatic heterocycles. The fourth-order valence-electron chi connectivity index (χ4n) is 4.75. The summed E-state index contributed by atoms with van der Waals surface area (Å²) in [6.07, 6.45) is 4.17. The second-order valence-corrected chi connectivity index (χ2v) is 12.0. The average molecular weight is 454 g/mol. The van der Waals surface area contributed by atoms with Gasteiger partial charge < -0.3 is 4.42 Å². The Balaban J connectivity index is 1.68. The van der Waals surface area contributed by atoms with Crippen LogP contribution in [-0.2, 0) is 22.9 Å². The van der Waals surface area contributed by atoms with Gasteiger partial charge in [0.25, 0.3) is 10.0 Å². The van der Waals surface area contributed by atoms with Crippen molar-refractivity contribution in [3.8, 4) is 0 Å². The standard InChI is InChI=1S/C25H27NO3S2/c1-4-25(2,3)16-11-12-22-19(14-16)20-15-21(26-31(27,28)23-10-7-13-30-23)17-8-5-6-9-18(17)24(20)29-22/h5-10,13,15-16,26H,4,11-12,14H2,1-3H3/t16-/m1/s1. The van der Waals surface area contributed by atoms with Gasteiger partial charge in [-0.15, -0.1) is 11.3 Å². The van der Waals surface area contributed by atoms with E-state index in [1.54, 1.807) is 17.5 Å². The molecule has 0 spiro atoms. The second-order valence-electron chi connectivity index (χ2n) is 9.17. The first kappa shape index (κ1) is 20.6. The normalized spacial score (nSPS) is 17.2. The molecule has 0 saturated carbocycles. The van der Waals surface area contributed by atoms with E-state index in [9.17, 15) is 8.42 Å². The largest absolute Gasteiger partial charge is 0.460 e. The highest BCUT2D eigenvalue weighted by Gasteiger charge is 2.34. The summed E-state index contributed by atoms with van der Waals surface area (Å²) in [4.78, 5) is 0. The van der Waals surface area contributed by atoms with E-state index in [4.69, 9.17) is 4.42 Å². The molecule has 1 aliphatic carbocycles. The van der Waals surface area contributed by atoms with Gasteiger partial charge in [-0.25, -0.2) is 8.42 Å². The van der Waals surface area contributed by atoms with E-state index in [2.05, 4.69) is 25.5 Å². The van der Waals surface area contributed by atoms with Crippen molar-refractivity contribution < 1.29 is 12.8 Å². The number of rotatable bonds is 5. The molecule has 4 aromatic rings. The van der Waals surface area contributed by atoms with Crippen molar-refractivity contribution in [3.05, 3.63) is 59.2 Å². The second kappa shape index (κ2) is 7.38. The number of hydrogen-bond donors (Lipinski definition) is 1. The molecule has 4 nitrogen and oxygen atoms in total. The third-order valence-corrected chi connectivity index (χ3v) is 9.84. The molecule has 162 valence electrons. The van der Waals surface area contributed by atoms with Crippen LogP contribution in [-0.4, -0.2) is 8.42 Å². The highest BCUT2D eigenvalue weighted by molar-refractivity contribution is 7.94. The lowest BCUT2D eigenvalue weighted by Gasteiger charge is -2.36. The van der Waals surface area contributed by atoms with Crippen LogP contribution < -0.4 is 4.72 Å². The molecule has 1 atom stereocenters. The number of sulfonamides is 1. The maximum atomic E-state index is 13.0. The van der Waals surface area contributed by atoms with E-state index in [-0.39, 0.29) is 5.41 Å². The van der Waals surface area contributed by atoms with Gasteiger partial charge >= 0.3 is 0 Å². The lowest BCUT2D eigenvalue weighted by molar-refractivity contribution is 0.179. The maximum absolute atomic E-state index is 13.0. The molecular weight excluding hydrogens is 426 g/mol. The molecule has 1 N–H and O–H groups in total. The smallest absolute Gasteiger partial charge is 0.271 e. The average Bonchev–Trinajstić information content (AvgIpc) is 3.42. The molecule has 0 amide bonds. The van der Waals surface area contributed by atoms with E-state index in [1.807, 2.05) is 30.3 Å². The SMILES string of the molecule is CCC(C)(C)[C@@H]1CCc2oc3c(cc(NS(=O)(=O)c4cccs4)c4ccccc43)c2C1. The summed E-state index contributed by atoms with van der Waals surface area (Å²) in [7, 11) is -3.63. The Bertz CT molecular complexity index is 1370. The fourth-order valence-corrected chi connectivity index (χ4v) is 6.81. The molecular formula is C25H27NO3S2. The Labute approximate surface area is 187 Å². The first-order chi connectivity index (χ1) is 14.8. The van der Waals surface area contributed by atoms with Gasteiger partial charge in [0.15, 0.2) is 0 Å². The Morgan fingerprint density at radius 2 is 1.90 bits per heavy atom. The van der Waals surface area contributed by atoms with Crippen molar-refractivity contribution in [1.29, 1.82) is 0 Å². The summed E-state index contributed by atoms with van der Waals surface area (Å²) in [5.74, 6) is 1.64. The van der Waals surface area contributed by atoms with Crippen LogP contribution in [0.5, 0.6) is 0 Å². The molecule has 0 unspecified atom stereocenters. The van der Waals surface area contributed by atoms with E-state index < -0.39 is 10.0 Å². The number of benzene rings is 2. The molecule has 6 heteroatoms. The van der Waals surface area contributed by atoms with Gasteiger partial charge in [-0.2, -0.15) is 0 Å². The number of fused-ring (bicyclic) bond motifs is 5. The predicted molar refractivity (Wildman–Crippen MR) is 128 cm³/mol. The van der Waals surface area contributed by atoms with Crippen molar-refractivity contribution in [2.24, 2.45) is 11.3 Å². The molecule has 0 aliphatic heterocycles. The predicted octanol–water partition coefficient (Wildman–Crippen LogP) is 6.99. The van der Waals surface area contributed by atoms with Crippen molar-refractivity contribution in [2.45, 2.75) is 50.7 Å². The third kappa shape index (κ3) is 3.46. The van der Waals surface area contributed by atoms with Crippen LogP contribution in [0.4, 0.5) is 5.69 Å². The summed E-state index contributed by atoms with van der Waals surface area (Å²) < 4.78 is 35.5. The summed E-state index contributed by atoms with van der Waals surface area (Å²) in [5.41, 5.74) is 2.99. The zero-order chi connectivity index (χ0) is 21.8. The minimum atomic E-state index is -3.63. The van der Waals surface area contributed by atoms with Crippen LogP contribution in [0.1, 0.15) is 44.9 Å². The summed E-state index contributed by atoms with van der Waals surface area (Å²) >= 11 is 1.22. The first-order valence-corrected chi connectivity index (χ1v) is 13.2. The third-order valence-electron chi connectivity index (χ3n) is 7.07. The molecule has 0 fully saturated rings. The molecule has 31 heavy (non-hydrogen) atoms. The molecule has 0 saturated heterocycles. The molecule has 1 aliphatic rings. The van der Waals surface area contributed by atoms with Gasteiger partial charge in [-0.3, -0.25) is 4.72 Å². The van der Waals surface area contributed by atoms with E-state index in [0.29, 0.717) is 15.8 Å². The molecule has 5 rings (SSSR count). The van der Waals surface area contributed by atoms with Gasteiger partial charge in [0.2, 0.25) is 0 Å². The van der Waals surface area contributed by atoms with Gasteiger partial charge in [-0.05, 0) is 41.7 Å². The summed E-state index contributed by atoms with van der Waals surface area (Å²) in [6.45, 7) is 6.95. The van der Waals surface area contributed by atoms with Crippen molar-refractivity contribution in [3.63, 3.8) is 0 Å². The lowest BCUT2D eigenvalue weighted by Crippen LogP contribution is -2.28. The molecule has 0 bridgehead atoms. The number of anilines is 1. The van der Waals surface area contributed by atoms with Crippen LogP contribution >= 0.6 is 11.3 Å². The minimum absolute atomic E-state index is 0.266. The van der Waals surface area contributed by atoms with Gasteiger partial charge in [-0.1, -0.05) is 57.5 Å². The van der Waals surface area contributed by atoms with Crippen LogP contribution in [0.15, 0.2) is 56.5 Å². The van der Waals surface area contributed by atoms with E-state index in [1.165, 1.54) is 16.9 Å². The van der Waals surface area contributed by atoms with Gasteiger partial charge in [0, 0.05) is 28.1 Å². The quantitative estimate of drug-likeness (QED) is 0.354. The van der Waals surface area contributed by atoms with Crippen molar-refractivity contribution in [1.82, 2.24) is 0 Å². The molecule has 2 aromatic carbocycles.